The summed E-state index contributed by atoms with van der Waals surface area (Å²) in [4.78, 5) is 3.85. The Balaban J connectivity index is 2.91. The maximum atomic E-state index is 13.1. The summed E-state index contributed by atoms with van der Waals surface area (Å²) in [5.74, 6) is -1.02. The summed E-state index contributed by atoms with van der Waals surface area (Å²) in [6.45, 7) is 0. The molecule has 2 rings (SSSR count). The number of fused-ring (bicyclic) bond motifs is 1. The smallest absolute Gasteiger partial charge is 0.175 e. The van der Waals surface area contributed by atoms with Crippen molar-refractivity contribution in [2.45, 2.75) is 0 Å². The van der Waals surface area contributed by atoms with E-state index in [0.29, 0.717) is 10.9 Å². The minimum atomic E-state index is -0.611. The van der Waals surface area contributed by atoms with Crippen molar-refractivity contribution in [1.82, 2.24) is 4.98 Å². The molecule has 1 heterocycles. The van der Waals surface area contributed by atoms with Gasteiger partial charge in [0.2, 0.25) is 0 Å². The lowest BCUT2D eigenvalue weighted by Crippen LogP contribution is -1.83. The lowest BCUT2D eigenvalue weighted by atomic mass is 10.2. The lowest BCUT2D eigenvalue weighted by molar-refractivity contribution is 0.434. The van der Waals surface area contributed by atoms with Crippen molar-refractivity contribution in [2.75, 3.05) is 0 Å². The van der Waals surface area contributed by atoms with Crippen molar-refractivity contribution in [3.63, 3.8) is 0 Å². The molecule has 0 bridgehead atoms. The molecule has 0 aliphatic rings. The van der Waals surface area contributed by atoms with E-state index in [1.165, 1.54) is 0 Å². The Bertz CT molecular complexity index is 428. The Morgan fingerprint density at radius 1 is 1.25 bits per heavy atom. The van der Waals surface area contributed by atoms with E-state index in [0.717, 1.165) is 6.20 Å². The molecule has 0 radical (unpaired) electrons. The van der Waals surface area contributed by atoms with Crippen molar-refractivity contribution in [1.29, 1.82) is 0 Å². The first-order chi connectivity index (χ1) is 5.79. The third-order valence-corrected chi connectivity index (χ3v) is 1.69. The van der Waals surface area contributed by atoms with Crippen LogP contribution < -0.4 is 0 Å². The number of aromatic nitrogens is 1. The molecule has 2 nitrogen and oxygen atoms in total. The average molecular weight is 163 g/mol. The first-order valence-electron chi connectivity index (χ1n) is 3.51. The predicted molar refractivity (Wildman–Crippen MR) is 43.4 cm³/mol. The van der Waals surface area contributed by atoms with E-state index in [1.807, 2.05) is 0 Å². The van der Waals surface area contributed by atoms with Gasteiger partial charge in [0, 0.05) is 5.39 Å². The Morgan fingerprint density at radius 2 is 2.00 bits per heavy atom. The van der Waals surface area contributed by atoms with Crippen molar-refractivity contribution < 1.29 is 9.50 Å². The summed E-state index contributed by atoms with van der Waals surface area (Å²) in [7, 11) is 0. The summed E-state index contributed by atoms with van der Waals surface area (Å²) in [6, 6.07) is 6.74. The standard InChI is InChI=1S/C9H6FNO/c10-9-6-3-1-2-4-7(6)11-5-8(9)12/h1-5,12H. The predicted octanol–water partition coefficient (Wildman–Crippen LogP) is 2.08. The van der Waals surface area contributed by atoms with Crippen LogP contribution in [0, 0.1) is 5.82 Å². The normalized spacial score (nSPS) is 10.4. The van der Waals surface area contributed by atoms with Gasteiger partial charge >= 0.3 is 0 Å². The molecule has 0 saturated heterocycles. The zero-order chi connectivity index (χ0) is 8.55. The van der Waals surface area contributed by atoms with Crippen molar-refractivity contribution >= 4 is 10.9 Å². The van der Waals surface area contributed by atoms with E-state index in [-0.39, 0.29) is 0 Å². The van der Waals surface area contributed by atoms with Crippen LogP contribution in [0.15, 0.2) is 30.5 Å². The highest BCUT2D eigenvalue weighted by Crippen LogP contribution is 2.22. The highest BCUT2D eigenvalue weighted by atomic mass is 19.1. The average Bonchev–Trinajstić information content (AvgIpc) is 2.12. The Kier molecular flexibility index (Phi) is 1.43. The number of hydrogen-bond donors (Lipinski definition) is 1. The molecule has 0 saturated carbocycles. The highest BCUT2D eigenvalue weighted by Gasteiger charge is 2.05. The van der Waals surface area contributed by atoms with E-state index in [9.17, 15) is 4.39 Å². The van der Waals surface area contributed by atoms with Gasteiger partial charge in [-0.05, 0) is 12.1 Å². The van der Waals surface area contributed by atoms with E-state index >= 15 is 0 Å². The Morgan fingerprint density at radius 3 is 2.83 bits per heavy atom. The van der Waals surface area contributed by atoms with Crippen molar-refractivity contribution in [3.05, 3.63) is 36.3 Å². The number of para-hydroxylation sites is 1. The first-order valence-corrected chi connectivity index (χ1v) is 3.51. The molecule has 0 aliphatic heterocycles. The number of rotatable bonds is 0. The van der Waals surface area contributed by atoms with Gasteiger partial charge in [-0.1, -0.05) is 12.1 Å². The molecule has 1 aromatic heterocycles. The van der Waals surface area contributed by atoms with Gasteiger partial charge in [-0.15, -0.1) is 0 Å². The number of hydrogen-bond acceptors (Lipinski definition) is 2. The molecule has 0 amide bonds. The van der Waals surface area contributed by atoms with Gasteiger partial charge in [0.15, 0.2) is 11.6 Å². The van der Waals surface area contributed by atoms with E-state index < -0.39 is 11.6 Å². The van der Waals surface area contributed by atoms with Crippen molar-refractivity contribution in [3.8, 4) is 5.75 Å². The van der Waals surface area contributed by atoms with Crippen LogP contribution in [0.3, 0.4) is 0 Å². The summed E-state index contributed by atoms with van der Waals surface area (Å²) < 4.78 is 13.1. The number of nitrogens with zero attached hydrogens (tertiary/aromatic N) is 1. The number of benzene rings is 1. The highest BCUT2D eigenvalue weighted by molar-refractivity contribution is 5.80. The number of aromatic hydroxyl groups is 1. The minimum Gasteiger partial charge on any atom is -0.504 e. The molecule has 0 spiro atoms. The summed E-state index contributed by atoms with van der Waals surface area (Å²) in [6.07, 6.45) is 1.11. The van der Waals surface area contributed by atoms with Crippen LogP contribution in [0.4, 0.5) is 4.39 Å². The fraction of sp³-hybridized carbons (Fsp3) is 0. The van der Waals surface area contributed by atoms with E-state index in [1.54, 1.807) is 24.3 Å². The van der Waals surface area contributed by atoms with Crippen LogP contribution in [0.2, 0.25) is 0 Å². The lowest BCUT2D eigenvalue weighted by Gasteiger charge is -1.98. The molecule has 1 aromatic carbocycles. The zero-order valence-electron chi connectivity index (χ0n) is 6.16. The van der Waals surface area contributed by atoms with Gasteiger partial charge in [-0.2, -0.15) is 0 Å². The Labute approximate surface area is 68.3 Å². The second-order valence-corrected chi connectivity index (χ2v) is 2.47. The van der Waals surface area contributed by atoms with Crippen LogP contribution in [0.1, 0.15) is 0 Å². The first kappa shape index (κ1) is 7.03. The quantitative estimate of drug-likeness (QED) is 0.645. The molecule has 3 heteroatoms. The van der Waals surface area contributed by atoms with Crippen LogP contribution in [0.5, 0.6) is 5.75 Å². The van der Waals surface area contributed by atoms with Gasteiger partial charge in [-0.3, -0.25) is 4.98 Å². The SMILES string of the molecule is Oc1cnc2ccccc2c1F. The fourth-order valence-corrected chi connectivity index (χ4v) is 1.10. The maximum absolute atomic E-state index is 13.1. The van der Waals surface area contributed by atoms with Gasteiger partial charge in [-0.25, -0.2) is 4.39 Å². The molecular formula is C9H6FNO. The van der Waals surface area contributed by atoms with E-state index in [2.05, 4.69) is 4.98 Å². The zero-order valence-corrected chi connectivity index (χ0v) is 6.16. The van der Waals surface area contributed by atoms with Gasteiger partial charge in [0.25, 0.3) is 0 Å². The second kappa shape index (κ2) is 2.44. The van der Waals surface area contributed by atoms with Gasteiger partial charge in [0.05, 0.1) is 11.7 Å². The van der Waals surface area contributed by atoms with Gasteiger partial charge < -0.3 is 5.11 Å². The number of pyridine rings is 1. The molecule has 0 unspecified atom stereocenters. The molecule has 0 aliphatic carbocycles. The van der Waals surface area contributed by atoms with Crippen LogP contribution >= 0.6 is 0 Å². The van der Waals surface area contributed by atoms with Crippen molar-refractivity contribution in [2.24, 2.45) is 0 Å². The summed E-state index contributed by atoms with van der Waals surface area (Å²) >= 11 is 0. The summed E-state index contributed by atoms with van der Waals surface area (Å²) in [5.41, 5.74) is 0.549. The molecule has 1 N–H and O–H groups in total. The van der Waals surface area contributed by atoms with Crippen LogP contribution in [0.25, 0.3) is 10.9 Å². The third kappa shape index (κ3) is 0.906. The molecular weight excluding hydrogens is 157 g/mol. The largest absolute Gasteiger partial charge is 0.504 e. The third-order valence-electron chi connectivity index (χ3n) is 1.69. The molecule has 0 fully saturated rings. The molecule has 0 atom stereocenters. The van der Waals surface area contributed by atoms with E-state index in [4.69, 9.17) is 5.11 Å². The summed E-state index contributed by atoms with van der Waals surface area (Å²) in [5, 5.41) is 9.32. The Hall–Kier alpha value is -1.64. The van der Waals surface area contributed by atoms with Gasteiger partial charge in [0.1, 0.15) is 0 Å². The maximum Gasteiger partial charge on any atom is 0.175 e. The monoisotopic (exact) mass is 163 g/mol. The van der Waals surface area contributed by atoms with Crippen LogP contribution in [-0.4, -0.2) is 10.1 Å². The van der Waals surface area contributed by atoms with Crippen LogP contribution in [-0.2, 0) is 0 Å². The fourth-order valence-electron chi connectivity index (χ4n) is 1.10. The topological polar surface area (TPSA) is 33.1 Å². The molecule has 12 heavy (non-hydrogen) atoms. The molecule has 60 valence electrons. The number of halogens is 1. The second-order valence-electron chi connectivity index (χ2n) is 2.47. The molecule has 2 aromatic rings. The minimum absolute atomic E-state index is 0.345.